The maximum atomic E-state index is 12.2. The second kappa shape index (κ2) is 7.76. The van der Waals surface area contributed by atoms with Crippen molar-refractivity contribution >= 4 is 30.2 Å². The van der Waals surface area contributed by atoms with Gasteiger partial charge in [0, 0.05) is 6.21 Å². The Labute approximate surface area is 155 Å². The summed E-state index contributed by atoms with van der Waals surface area (Å²) in [6.07, 6.45) is 4.67. The summed E-state index contributed by atoms with van der Waals surface area (Å²) >= 11 is 5.22. The molecule has 0 spiro atoms. The van der Waals surface area contributed by atoms with E-state index >= 15 is 0 Å². The van der Waals surface area contributed by atoms with Crippen molar-refractivity contribution in [3.8, 4) is 11.6 Å². The fourth-order valence-corrected chi connectivity index (χ4v) is 2.79. The molecule has 0 bridgehead atoms. The van der Waals surface area contributed by atoms with Crippen LogP contribution in [0.15, 0.2) is 70.5 Å². The number of nitrogens with one attached hydrogen (secondary N) is 1. The fourth-order valence-electron chi connectivity index (χ4n) is 2.51. The van der Waals surface area contributed by atoms with Gasteiger partial charge in [-0.3, -0.25) is 19.3 Å². The monoisotopic (exact) mass is 363 g/mol. The molecule has 2 aromatic carbocycles. The molecule has 2 N–H and O–H groups in total. The van der Waals surface area contributed by atoms with Crippen molar-refractivity contribution in [3.63, 3.8) is 0 Å². The first-order chi connectivity index (χ1) is 12.6. The zero-order valence-electron chi connectivity index (χ0n) is 14.1. The van der Waals surface area contributed by atoms with E-state index in [-0.39, 0.29) is 16.2 Å². The smallest absolute Gasteiger partial charge is 0.262 e. The maximum absolute atomic E-state index is 12.2. The number of aromatic hydroxyl groups is 1. The van der Waals surface area contributed by atoms with Crippen LogP contribution >= 0.6 is 12.2 Å². The van der Waals surface area contributed by atoms with Gasteiger partial charge in [0.15, 0.2) is 4.77 Å². The number of hydrogen-bond donors (Lipinski definition) is 2. The Kier molecular flexibility index (Phi) is 5.24. The molecule has 0 aliphatic rings. The number of aromatic amines is 1. The minimum absolute atomic E-state index is 0.112. The first-order valence-electron chi connectivity index (χ1n) is 7.98. The number of nitrogens with zero attached hydrogens (tertiary/aromatic N) is 2. The fraction of sp³-hybridized carbons (Fsp3) is 0.0500. The summed E-state index contributed by atoms with van der Waals surface area (Å²) in [4.78, 5) is 19.1. The predicted molar refractivity (Wildman–Crippen MR) is 107 cm³/mol. The average molecular weight is 363 g/mol. The minimum atomic E-state index is -0.457. The molecule has 26 heavy (non-hydrogen) atoms. The molecule has 0 unspecified atom stereocenters. The molecule has 6 heteroatoms. The molecule has 0 aliphatic carbocycles. The van der Waals surface area contributed by atoms with Gasteiger partial charge < -0.3 is 5.11 Å². The highest BCUT2D eigenvalue weighted by molar-refractivity contribution is 7.71. The predicted octanol–water partition coefficient (Wildman–Crippen LogP) is 4.32. The molecule has 130 valence electrons. The molecular weight excluding hydrogens is 346 g/mol. The van der Waals surface area contributed by atoms with E-state index in [4.69, 9.17) is 12.2 Å². The van der Waals surface area contributed by atoms with Crippen LogP contribution in [-0.4, -0.2) is 20.9 Å². The second-order valence-corrected chi connectivity index (χ2v) is 5.98. The van der Waals surface area contributed by atoms with Gasteiger partial charge in [-0.2, -0.15) is 0 Å². The number of rotatable bonds is 4. The van der Waals surface area contributed by atoms with E-state index in [9.17, 15) is 9.90 Å². The van der Waals surface area contributed by atoms with E-state index in [1.54, 1.807) is 12.3 Å². The highest BCUT2D eigenvalue weighted by Gasteiger charge is 2.12. The molecule has 0 amide bonds. The summed E-state index contributed by atoms with van der Waals surface area (Å²) < 4.78 is 1.58. The Morgan fingerprint density at radius 3 is 2.54 bits per heavy atom. The van der Waals surface area contributed by atoms with E-state index in [0.717, 1.165) is 11.3 Å². The first kappa shape index (κ1) is 17.6. The third-order valence-corrected chi connectivity index (χ3v) is 4.09. The normalized spacial score (nSPS) is 11.4. The molecule has 0 radical (unpaired) electrons. The summed E-state index contributed by atoms with van der Waals surface area (Å²) in [6, 6.07) is 16.9. The number of aromatic nitrogens is 2. The number of aryl methyl sites for hydroxylation is 1. The number of hydrogen-bond acceptors (Lipinski definition) is 4. The van der Waals surface area contributed by atoms with Crippen molar-refractivity contribution in [1.82, 2.24) is 9.55 Å². The highest BCUT2D eigenvalue weighted by atomic mass is 32.1. The SMILES string of the molecule is Cc1ccccc1-n1c(O)c(C=CC=Nc2ccccc2)c(=O)[nH]c1=S. The lowest BCUT2D eigenvalue weighted by atomic mass is 10.2. The Balaban J connectivity index is 2.01. The molecule has 5 nitrogen and oxygen atoms in total. The third-order valence-electron chi connectivity index (χ3n) is 3.81. The molecule has 0 atom stereocenters. The molecular formula is C20H17N3O2S. The molecule has 3 rings (SSSR count). The van der Waals surface area contributed by atoms with Gasteiger partial charge in [0.05, 0.1) is 11.4 Å². The topological polar surface area (TPSA) is 70.4 Å². The quantitative estimate of drug-likeness (QED) is 0.535. The molecule has 3 aromatic rings. The van der Waals surface area contributed by atoms with E-state index in [1.165, 1.54) is 10.6 Å². The van der Waals surface area contributed by atoms with Gasteiger partial charge in [-0.1, -0.05) is 36.4 Å². The Hall–Kier alpha value is -3.25. The number of benzene rings is 2. The minimum Gasteiger partial charge on any atom is -0.494 e. The van der Waals surface area contributed by atoms with Crippen molar-refractivity contribution in [2.45, 2.75) is 6.92 Å². The second-order valence-electron chi connectivity index (χ2n) is 5.59. The van der Waals surface area contributed by atoms with Crippen molar-refractivity contribution in [1.29, 1.82) is 0 Å². The van der Waals surface area contributed by atoms with Crippen LogP contribution in [-0.2, 0) is 0 Å². The Morgan fingerprint density at radius 2 is 1.81 bits per heavy atom. The first-order valence-corrected chi connectivity index (χ1v) is 8.39. The van der Waals surface area contributed by atoms with Crippen molar-refractivity contribution in [2.75, 3.05) is 0 Å². The van der Waals surface area contributed by atoms with Gasteiger partial charge in [-0.05, 0) is 55.1 Å². The van der Waals surface area contributed by atoms with Crippen LogP contribution in [0.4, 0.5) is 5.69 Å². The summed E-state index contributed by atoms with van der Waals surface area (Å²) in [5, 5.41) is 10.6. The van der Waals surface area contributed by atoms with E-state index < -0.39 is 5.56 Å². The van der Waals surface area contributed by atoms with Crippen LogP contribution in [0.3, 0.4) is 0 Å². The van der Waals surface area contributed by atoms with Crippen LogP contribution in [0.2, 0.25) is 0 Å². The van der Waals surface area contributed by atoms with Crippen LogP contribution in [0.25, 0.3) is 11.8 Å². The molecule has 0 saturated carbocycles. The van der Waals surface area contributed by atoms with Gasteiger partial charge in [0.2, 0.25) is 5.88 Å². The number of allylic oxidation sites excluding steroid dienone is 1. The van der Waals surface area contributed by atoms with Crippen molar-refractivity contribution in [3.05, 3.63) is 86.9 Å². The van der Waals surface area contributed by atoms with Gasteiger partial charge >= 0.3 is 0 Å². The molecule has 0 fully saturated rings. The van der Waals surface area contributed by atoms with Gasteiger partial charge in [0.1, 0.15) is 5.56 Å². The van der Waals surface area contributed by atoms with Crippen molar-refractivity contribution < 1.29 is 5.11 Å². The van der Waals surface area contributed by atoms with Crippen LogP contribution < -0.4 is 5.56 Å². The third kappa shape index (κ3) is 3.70. The summed E-state index contributed by atoms with van der Waals surface area (Å²) in [7, 11) is 0. The largest absolute Gasteiger partial charge is 0.494 e. The van der Waals surface area contributed by atoms with Gasteiger partial charge in [0.25, 0.3) is 5.56 Å². The van der Waals surface area contributed by atoms with Crippen LogP contribution in [0.1, 0.15) is 11.1 Å². The van der Waals surface area contributed by atoms with Crippen LogP contribution in [0, 0.1) is 11.7 Å². The van der Waals surface area contributed by atoms with Gasteiger partial charge in [-0.25, -0.2) is 0 Å². The number of H-pyrrole nitrogens is 1. The zero-order chi connectivity index (χ0) is 18.5. The summed E-state index contributed by atoms with van der Waals surface area (Å²) in [6.45, 7) is 1.91. The van der Waals surface area contributed by atoms with E-state index in [1.807, 2.05) is 61.5 Å². The van der Waals surface area contributed by atoms with E-state index in [0.29, 0.717) is 5.69 Å². The standard InChI is InChI=1S/C20H17N3O2S/c1-14-8-5-6-12-17(14)23-19(25)16(18(24)22-20(23)26)11-7-13-21-15-9-3-2-4-10-15/h2-13,25H,1H3,(H,22,24,26). The van der Waals surface area contributed by atoms with Crippen molar-refractivity contribution in [2.24, 2.45) is 4.99 Å². The van der Waals surface area contributed by atoms with Crippen LogP contribution in [0.5, 0.6) is 5.88 Å². The summed E-state index contributed by atoms with van der Waals surface area (Å²) in [5.74, 6) is -0.211. The van der Waals surface area contributed by atoms with Gasteiger partial charge in [-0.15, -0.1) is 0 Å². The maximum Gasteiger partial charge on any atom is 0.262 e. The average Bonchev–Trinajstić information content (AvgIpc) is 2.63. The summed E-state index contributed by atoms with van der Waals surface area (Å²) in [5.41, 5.74) is 2.08. The van der Waals surface area contributed by atoms with E-state index in [2.05, 4.69) is 9.98 Å². The molecule has 0 aliphatic heterocycles. The number of para-hydroxylation sites is 2. The highest BCUT2D eigenvalue weighted by Crippen LogP contribution is 2.22. The Morgan fingerprint density at radius 1 is 1.12 bits per heavy atom. The lowest BCUT2D eigenvalue weighted by molar-refractivity contribution is 0.431. The number of aliphatic imine (C=N–C) groups is 1. The lowest BCUT2D eigenvalue weighted by Gasteiger charge is -2.13. The molecule has 1 aromatic heterocycles. The molecule has 0 saturated heterocycles. The lowest BCUT2D eigenvalue weighted by Crippen LogP contribution is -2.16. The zero-order valence-corrected chi connectivity index (χ0v) is 14.9. The Bertz CT molecular complexity index is 1100. The molecule has 1 heterocycles.